The first-order valence-corrected chi connectivity index (χ1v) is 14.0. The van der Waals surface area contributed by atoms with E-state index in [-0.39, 0.29) is 11.9 Å². The van der Waals surface area contributed by atoms with Gasteiger partial charge in [-0.1, -0.05) is 44.2 Å². The zero-order valence-corrected chi connectivity index (χ0v) is 24.0. The van der Waals surface area contributed by atoms with Crippen LogP contribution < -0.4 is 9.80 Å². The van der Waals surface area contributed by atoms with Crippen molar-refractivity contribution in [2.24, 2.45) is 0 Å². The maximum absolute atomic E-state index is 12.1. The number of nitrogens with zero attached hydrogens (tertiary/aromatic N) is 5. The largest absolute Gasteiger partial charge is 0.366 e. The number of aromatic nitrogens is 2. The van der Waals surface area contributed by atoms with Crippen LogP contribution >= 0.6 is 0 Å². The number of benzene rings is 2. The third-order valence-corrected chi connectivity index (χ3v) is 8.33. The molecule has 2 aromatic carbocycles. The Bertz CT molecular complexity index is 1340. The lowest BCUT2D eigenvalue weighted by Crippen LogP contribution is -2.54. The van der Waals surface area contributed by atoms with Gasteiger partial charge in [-0.05, 0) is 61.9 Å². The number of carbonyl (C=O) groups excluding carboxylic acids is 1. The zero-order valence-electron chi connectivity index (χ0n) is 24.0. The first-order chi connectivity index (χ1) is 18.1. The Morgan fingerprint density at radius 1 is 0.974 bits per heavy atom. The van der Waals surface area contributed by atoms with Gasteiger partial charge in [0.05, 0.1) is 5.69 Å². The Labute approximate surface area is 227 Å². The number of anilines is 2. The van der Waals surface area contributed by atoms with Crippen molar-refractivity contribution in [3.05, 3.63) is 69.9 Å². The Balaban J connectivity index is 1.60. The molecule has 0 saturated carbocycles. The molecular formula is C32H41N5O. The molecule has 6 heteroatoms. The van der Waals surface area contributed by atoms with E-state index >= 15 is 0 Å². The highest BCUT2D eigenvalue weighted by molar-refractivity contribution is 5.74. The van der Waals surface area contributed by atoms with Crippen LogP contribution in [0.15, 0.2) is 36.4 Å². The molecule has 0 aliphatic carbocycles. The maximum Gasteiger partial charge on any atom is 0.219 e. The van der Waals surface area contributed by atoms with Crippen molar-refractivity contribution in [2.45, 2.75) is 73.4 Å². The number of aryl methyl sites for hydroxylation is 3. The topological polar surface area (TPSA) is 52.6 Å². The van der Waals surface area contributed by atoms with Crippen molar-refractivity contribution in [3.8, 4) is 11.4 Å². The van der Waals surface area contributed by atoms with Crippen LogP contribution in [-0.2, 0) is 17.8 Å². The summed E-state index contributed by atoms with van der Waals surface area (Å²) in [6.07, 6.45) is 0.885. The minimum Gasteiger partial charge on any atom is -0.366 e. The van der Waals surface area contributed by atoms with E-state index in [1.54, 1.807) is 6.92 Å². The molecule has 1 atom stereocenters. The molecule has 0 N–H and O–H groups in total. The molecule has 0 bridgehead atoms. The molecule has 0 radical (unpaired) electrons. The minimum absolute atomic E-state index is 0.143. The number of hydrogen-bond acceptors (Lipinski definition) is 5. The number of rotatable bonds is 4. The summed E-state index contributed by atoms with van der Waals surface area (Å²) in [6, 6.07) is 13.4. The molecule has 38 heavy (non-hydrogen) atoms. The van der Waals surface area contributed by atoms with Crippen LogP contribution in [0.3, 0.4) is 0 Å². The lowest BCUT2D eigenvalue weighted by Gasteiger charge is -2.42. The van der Waals surface area contributed by atoms with Gasteiger partial charge in [-0.2, -0.15) is 0 Å². The van der Waals surface area contributed by atoms with E-state index in [4.69, 9.17) is 9.97 Å². The van der Waals surface area contributed by atoms with Crippen LogP contribution in [0, 0.1) is 20.8 Å². The van der Waals surface area contributed by atoms with Gasteiger partial charge in [0.15, 0.2) is 5.82 Å². The van der Waals surface area contributed by atoms with E-state index in [0.29, 0.717) is 12.5 Å². The number of amides is 1. The highest BCUT2D eigenvalue weighted by Crippen LogP contribution is 2.36. The van der Waals surface area contributed by atoms with Crippen molar-refractivity contribution in [2.75, 3.05) is 36.0 Å². The van der Waals surface area contributed by atoms with Gasteiger partial charge in [-0.15, -0.1) is 0 Å². The molecule has 1 aromatic heterocycles. The molecule has 0 spiro atoms. The zero-order chi connectivity index (χ0) is 27.1. The average Bonchev–Trinajstić information content (AvgIpc) is 2.88. The van der Waals surface area contributed by atoms with Gasteiger partial charge in [-0.3, -0.25) is 4.79 Å². The molecule has 3 heterocycles. The van der Waals surface area contributed by atoms with Crippen molar-refractivity contribution < 1.29 is 4.79 Å². The lowest BCUT2D eigenvalue weighted by molar-refractivity contribution is -0.129. The average molecular weight is 512 g/mol. The molecule has 6 nitrogen and oxygen atoms in total. The van der Waals surface area contributed by atoms with Gasteiger partial charge < -0.3 is 14.7 Å². The quantitative estimate of drug-likeness (QED) is 0.442. The van der Waals surface area contributed by atoms with Crippen molar-refractivity contribution in [1.29, 1.82) is 0 Å². The van der Waals surface area contributed by atoms with Crippen molar-refractivity contribution in [3.63, 3.8) is 0 Å². The van der Waals surface area contributed by atoms with Crippen molar-refractivity contribution >= 4 is 17.4 Å². The van der Waals surface area contributed by atoms with Gasteiger partial charge in [0.25, 0.3) is 0 Å². The Morgan fingerprint density at radius 3 is 2.37 bits per heavy atom. The standard InChI is InChI=1S/C32H41N5O/c1-20(2)26-12-11-21(3)29(17-26)36-14-13-28-27(19-36)32(37-16-15-35(25(7)38)18-24(37)6)34-31(33-28)30-22(4)9-8-10-23(30)5/h8-12,17,20,24H,13-16,18-19H2,1-7H3. The van der Waals surface area contributed by atoms with Crippen LogP contribution in [0.25, 0.3) is 11.4 Å². The summed E-state index contributed by atoms with van der Waals surface area (Å²) >= 11 is 0. The van der Waals surface area contributed by atoms with Crippen LogP contribution in [0.5, 0.6) is 0 Å². The van der Waals surface area contributed by atoms with Gasteiger partial charge >= 0.3 is 0 Å². The number of piperazine rings is 1. The number of fused-ring (bicyclic) bond motifs is 1. The van der Waals surface area contributed by atoms with Crippen LogP contribution in [0.1, 0.15) is 67.1 Å². The molecule has 1 saturated heterocycles. The molecule has 5 rings (SSSR count). The summed E-state index contributed by atoms with van der Waals surface area (Å²) in [6.45, 7) is 18.8. The second-order valence-electron chi connectivity index (χ2n) is 11.4. The first-order valence-electron chi connectivity index (χ1n) is 14.0. The summed E-state index contributed by atoms with van der Waals surface area (Å²) in [5.74, 6) is 2.49. The van der Waals surface area contributed by atoms with Gasteiger partial charge in [0.1, 0.15) is 5.82 Å². The monoisotopic (exact) mass is 511 g/mol. The Kier molecular flexibility index (Phi) is 7.17. The fourth-order valence-electron chi connectivity index (χ4n) is 6.00. The van der Waals surface area contributed by atoms with Gasteiger partial charge in [0, 0.05) is 68.9 Å². The second-order valence-corrected chi connectivity index (χ2v) is 11.4. The van der Waals surface area contributed by atoms with E-state index in [0.717, 1.165) is 55.5 Å². The predicted octanol–water partition coefficient (Wildman–Crippen LogP) is 5.81. The first kappa shape index (κ1) is 26.2. The smallest absolute Gasteiger partial charge is 0.219 e. The van der Waals surface area contributed by atoms with Crippen LogP contribution in [-0.4, -0.2) is 53.0 Å². The molecule has 1 fully saturated rings. The lowest BCUT2D eigenvalue weighted by atomic mass is 9.97. The highest BCUT2D eigenvalue weighted by Gasteiger charge is 2.32. The van der Waals surface area contributed by atoms with E-state index in [1.165, 1.54) is 33.5 Å². The summed E-state index contributed by atoms with van der Waals surface area (Å²) < 4.78 is 0. The number of carbonyl (C=O) groups is 1. The minimum atomic E-state index is 0.143. The van der Waals surface area contributed by atoms with E-state index in [2.05, 4.69) is 87.7 Å². The fraction of sp³-hybridized carbons (Fsp3) is 0.469. The molecule has 2 aliphatic rings. The fourth-order valence-corrected chi connectivity index (χ4v) is 6.00. The summed E-state index contributed by atoms with van der Waals surface area (Å²) in [4.78, 5) is 29.5. The summed E-state index contributed by atoms with van der Waals surface area (Å²) in [7, 11) is 0. The normalized spacial score (nSPS) is 17.7. The third-order valence-electron chi connectivity index (χ3n) is 8.33. The van der Waals surface area contributed by atoms with Gasteiger partial charge in [-0.25, -0.2) is 9.97 Å². The Hall–Kier alpha value is -3.41. The van der Waals surface area contributed by atoms with E-state index in [9.17, 15) is 4.79 Å². The van der Waals surface area contributed by atoms with E-state index < -0.39 is 0 Å². The van der Waals surface area contributed by atoms with E-state index in [1.807, 2.05) is 4.90 Å². The SMILES string of the molecule is CC(=O)N1CCN(c2nc(-c3c(C)cccc3C)nc3c2CN(c2cc(C(C)C)ccc2C)CC3)C(C)C1. The van der Waals surface area contributed by atoms with Gasteiger partial charge in [0.2, 0.25) is 5.91 Å². The maximum atomic E-state index is 12.1. The molecule has 1 amide bonds. The van der Waals surface area contributed by atoms with Crippen molar-refractivity contribution in [1.82, 2.24) is 14.9 Å². The molecule has 3 aromatic rings. The molecule has 1 unspecified atom stereocenters. The Morgan fingerprint density at radius 2 is 1.71 bits per heavy atom. The molecule has 200 valence electrons. The molecule has 2 aliphatic heterocycles. The van der Waals surface area contributed by atoms with Crippen LogP contribution in [0.2, 0.25) is 0 Å². The summed E-state index contributed by atoms with van der Waals surface area (Å²) in [5.41, 5.74) is 9.89. The van der Waals surface area contributed by atoms with Crippen LogP contribution in [0.4, 0.5) is 11.5 Å². The highest BCUT2D eigenvalue weighted by atomic mass is 16.2. The molecular weight excluding hydrogens is 470 g/mol. The summed E-state index contributed by atoms with van der Waals surface area (Å²) in [5, 5.41) is 0. The number of hydrogen-bond donors (Lipinski definition) is 0. The second kappa shape index (κ2) is 10.4. The third kappa shape index (κ3) is 4.89. The predicted molar refractivity (Wildman–Crippen MR) is 156 cm³/mol.